The van der Waals surface area contributed by atoms with Gasteiger partial charge in [0.1, 0.15) is 0 Å². The number of hydrogen-bond acceptors (Lipinski definition) is 2. The van der Waals surface area contributed by atoms with E-state index in [9.17, 15) is 4.79 Å². The van der Waals surface area contributed by atoms with E-state index in [-0.39, 0.29) is 11.8 Å². The van der Waals surface area contributed by atoms with Gasteiger partial charge in [0.15, 0.2) is 0 Å². The van der Waals surface area contributed by atoms with Crippen molar-refractivity contribution in [2.45, 2.75) is 39.2 Å². The van der Waals surface area contributed by atoms with Crippen LogP contribution in [-0.2, 0) is 11.3 Å². The van der Waals surface area contributed by atoms with E-state index in [4.69, 9.17) is 0 Å². The van der Waals surface area contributed by atoms with Crippen LogP contribution in [0.15, 0.2) is 66.7 Å². The number of carbonyl (C=O) groups excluding carboxylic acids is 1. The van der Waals surface area contributed by atoms with Gasteiger partial charge in [0, 0.05) is 18.8 Å². The molecule has 3 heteroatoms. The Hall–Kier alpha value is -2.65. The van der Waals surface area contributed by atoms with Crippen LogP contribution in [0.4, 0.5) is 5.69 Å². The van der Waals surface area contributed by atoms with Gasteiger partial charge < -0.3 is 5.32 Å². The molecule has 1 aliphatic rings. The minimum Gasteiger partial charge on any atom is -0.326 e. The molecular weight excluding hydrogens is 356 g/mol. The number of anilines is 1. The minimum absolute atomic E-state index is 0.0449. The number of fused-ring (bicyclic) bond motifs is 1. The molecule has 1 fully saturated rings. The number of carbonyl (C=O) groups is 1. The van der Waals surface area contributed by atoms with Crippen LogP contribution in [0.3, 0.4) is 0 Å². The first kappa shape index (κ1) is 19.7. The fourth-order valence-electron chi connectivity index (χ4n) is 4.28. The molecule has 1 saturated heterocycles. The van der Waals surface area contributed by atoms with Crippen molar-refractivity contribution in [2.75, 3.05) is 18.4 Å². The second kappa shape index (κ2) is 8.79. The van der Waals surface area contributed by atoms with Crippen LogP contribution in [-0.4, -0.2) is 23.9 Å². The topological polar surface area (TPSA) is 32.3 Å². The molecule has 150 valence electrons. The summed E-state index contributed by atoms with van der Waals surface area (Å²) < 4.78 is 0. The van der Waals surface area contributed by atoms with Crippen LogP contribution >= 0.6 is 0 Å². The van der Waals surface area contributed by atoms with Crippen molar-refractivity contribution in [3.8, 4) is 0 Å². The number of piperidine rings is 1. The number of nitrogens with one attached hydrogen (secondary N) is 1. The molecule has 3 aromatic rings. The third-order valence-electron chi connectivity index (χ3n) is 6.00. The Morgan fingerprint density at radius 1 is 1.03 bits per heavy atom. The van der Waals surface area contributed by atoms with Gasteiger partial charge in [-0.15, -0.1) is 0 Å². The average molecular weight is 387 g/mol. The normalized spacial score (nSPS) is 17.6. The van der Waals surface area contributed by atoms with Crippen LogP contribution in [0.2, 0.25) is 0 Å². The van der Waals surface area contributed by atoms with E-state index >= 15 is 0 Å². The summed E-state index contributed by atoms with van der Waals surface area (Å²) in [5.74, 6) is 0.689. The molecule has 0 aliphatic carbocycles. The average Bonchev–Trinajstić information content (AvgIpc) is 2.74. The first-order valence-electron chi connectivity index (χ1n) is 10.7. The van der Waals surface area contributed by atoms with E-state index in [1.54, 1.807) is 0 Å². The van der Waals surface area contributed by atoms with E-state index in [0.717, 1.165) is 38.2 Å². The number of hydrogen-bond donors (Lipinski definition) is 1. The predicted molar refractivity (Wildman–Crippen MR) is 121 cm³/mol. The highest BCUT2D eigenvalue weighted by molar-refractivity contribution is 5.92. The first-order chi connectivity index (χ1) is 14.1. The lowest BCUT2D eigenvalue weighted by molar-refractivity contribution is -0.121. The molecule has 0 bridgehead atoms. The maximum absolute atomic E-state index is 12.9. The predicted octanol–water partition coefficient (Wildman–Crippen LogP) is 5.81. The minimum atomic E-state index is 0.0449. The van der Waals surface area contributed by atoms with Gasteiger partial charge in [-0.2, -0.15) is 0 Å². The Morgan fingerprint density at radius 3 is 2.59 bits per heavy atom. The zero-order valence-electron chi connectivity index (χ0n) is 17.4. The zero-order valence-corrected chi connectivity index (χ0v) is 17.4. The summed E-state index contributed by atoms with van der Waals surface area (Å²) in [6.07, 6.45) is 2.02. The third-order valence-corrected chi connectivity index (χ3v) is 6.00. The molecule has 1 heterocycles. The standard InChI is InChI=1S/C26H30N2O/c1-19(2)20-12-14-24(15-13-20)27-26(29)23-10-6-16-28(18-23)17-22-9-5-8-21-7-3-4-11-25(21)22/h3-5,7-9,11-15,19,23H,6,10,16-18H2,1-2H3,(H,27,29). The molecule has 1 amide bonds. The van der Waals surface area contributed by atoms with E-state index in [1.807, 2.05) is 12.1 Å². The van der Waals surface area contributed by atoms with Gasteiger partial charge in [-0.05, 0) is 59.3 Å². The molecule has 0 saturated carbocycles. The fraction of sp³-hybridized carbons (Fsp3) is 0.346. The molecule has 1 aliphatic heterocycles. The Kier molecular flexibility index (Phi) is 5.96. The van der Waals surface area contributed by atoms with E-state index in [1.165, 1.54) is 21.9 Å². The maximum atomic E-state index is 12.9. The lowest BCUT2D eigenvalue weighted by atomic mass is 9.95. The molecule has 1 atom stereocenters. The smallest absolute Gasteiger partial charge is 0.228 e. The van der Waals surface area contributed by atoms with Crippen molar-refractivity contribution in [3.63, 3.8) is 0 Å². The molecule has 0 spiro atoms. The van der Waals surface area contributed by atoms with Gasteiger partial charge in [0.2, 0.25) is 5.91 Å². The molecule has 4 rings (SSSR count). The van der Waals surface area contributed by atoms with E-state index in [0.29, 0.717) is 5.92 Å². The van der Waals surface area contributed by atoms with Gasteiger partial charge in [-0.25, -0.2) is 0 Å². The van der Waals surface area contributed by atoms with Gasteiger partial charge in [-0.3, -0.25) is 9.69 Å². The van der Waals surface area contributed by atoms with Crippen molar-refractivity contribution in [1.29, 1.82) is 0 Å². The van der Waals surface area contributed by atoms with Crippen LogP contribution in [0.25, 0.3) is 10.8 Å². The van der Waals surface area contributed by atoms with Crippen molar-refractivity contribution >= 4 is 22.4 Å². The Balaban J connectivity index is 1.40. The third kappa shape index (κ3) is 4.68. The maximum Gasteiger partial charge on any atom is 0.228 e. The number of amides is 1. The largest absolute Gasteiger partial charge is 0.326 e. The van der Waals surface area contributed by atoms with Crippen LogP contribution < -0.4 is 5.32 Å². The molecule has 0 radical (unpaired) electrons. The molecular formula is C26H30N2O. The molecule has 1 N–H and O–H groups in total. The second-order valence-electron chi connectivity index (χ2n) is 8.48. The highest BCUT2D eigenvalue weighted by atomic mass is 16.1. The summed E-state index contributed by atoms with van der Waals surface area (Å²) >= 11 is 0. The Bertz CT molecular complexity index is 972. The summed E-state index contributed by atoms with van der Waals surface area (Å²) in [5, 5.41) is 5.72. The number of nitrogens with zero attached hydrogens (tertiary/aromatic N) is 1. The van der Waals surface area contributed by atoms with Gasteiger partial charge in [0.05, 0.1) is 5.92 Å². The summed E-state index contributed by atoms with van der Waals surface area (Å²) in [4.78, 5) is 15.3. The van der Waals surface area contributed by atoms with Gasteiger partial charge in [-0.1, -0.05) is 68.4 Å². The summed E-state index contributed by atoms with van der Waals surface area (Å²) in [6.45, 7) is 7.13. The van der Waals surface area contributed by atoms with Crippen molar-refractivity contribution in [3.05, 3.63) is 77.9 Å². The monoisotopic (exact) mass is 386 g/mol. The molecule has 1 unspecified atom stereocenters. The van der Waals surface area contributed by atoms with Crippen LogP contribution in [0.1, 0.15) is 43.7 Å². The summed E-state index contributed by atoms with van der Waals surface area (Å²) in [6, 6.07) is 23.3. The van der Waals surface area contributed by atoms with Crippen LogP contribution in [0, 0.1) is 5.92 Å². The summed E-state index contributed by atoms with van der Waals surface area (Å²) in [7, 11) is 0. The van der Waals surface area contributed by atoms with Crippen molar-refractivity contribution < 1.29 is 4.79 Å². The fourth-order valence-corrected chi connectivity index (χ4v) is 4.28. The summed E-state index contributed by atoms with van der Waals surface area (Å²) in [5.41, 5.74) is 3.53. The highest BCUT2D eigenvalue weighted by Crippen LogP contribution is 2.24. The zero-order chi connectivity index (χ0) is 20.2. The van der Waals surface area contributed by atoms with Crippen molar-refractivity contribution in [2.24, 2.45) is 5.92 Å². The van der Waals surface area contributed by atoms with Crippen LogP contribution in [0.5, 0.6) is 0 Å². The number of rotatable bonds is 5. The van der Waals surface area contributed by atoms with E-state index in [2.05, 4.69) is 78.7 Å². The molecule has 3 nitrogen and oxygen atoms in total. The first-order valence-corrected chi connectivity index (χ1v) is 10.7. The number of benzene rings is 3. The lowest BCUT2D eigenvalue weighted by Crippen LogP contribution is -2.40. The quantitative estimate of drug-likeness (QED) is 0.600. The van der Waals surface area contributed by atoms with E-state index < -0.39 is 0 Å². The Labute approximate surface area is 173 Å². The van der Waals surface area contributed by atoms with Crippen molar-refractivity contribution in [1.82, 2.24) is 4.90 Å². The molecule has 3 aromatic carbocycles. The molecule has 0 aromatic heterocycles. The number of likely N-dealkylation sites (tertiary alicyclic amines) is 1. The van der Waals surface area contributed by atoms with Gasteiger partial charge in [0.25, 0.3) is 0 Å². The SMILES string of the molecule is CC(C)c1ccc(NC(=O)C2CCCN(Cc3cccc4ccccc34)C2)cc1. The lowest BCUT2D eigenvalue weighted by Gasteiger charge is -2.32. The Morgan fingerprint density at radius 2 is 1.79 bits per heavy atom. The highest BCUT2D eigenvalue weighted by Gasteiger charge is 2.26. The van der Waals surface area contributed by atoms with Gasteiger partial charge >= 0.3 is 0 Å². The molecule has 29 heavy (non-hydrogen) atoms. The second-order valence-corrected chi connectivity index (χ2v) is 8.48.